The summed E-state index contributed by atoms with van der Waals surface area (Å²) in [6.45, 7) is 2.21. The van der Waals surface area contributed by atoms with Gasteiger partial charge in [-0.25, -0.2) is 4.39 Å². The number of halogens is 2. The Morgan fingerprint density at radius 1 is 1.22 bits per heavy atom. The molecule has 0 aliphatic carbocycles. The molecule has 0 saturated heterocycles. The topological polar surface area (TPSA) is 35.2 Å². The maximum atomic E-state index is 13.1. The summed E-state index contributed by atoms with van der Waals surface area (Å²) in [5.41, 5.74) is 7.96. The van der Waals surface area contributed by atoms with Crippen molar-refractivity contribution in [2.75, 3.05) is 5.73 Å². The molecule has 0 aromatic heterocycles. The molecule has 2 aromatic carbocycles. The van der Waals surface area contributed by atoms with Gasteiger partial charge in [0.05, 0.1) is 0 Å². The second-order valence-corrected chi connectivity index (χ2v) is 4.96. The van der Waals surface area contributed by atoms with Crippen molar-refractivity contribution in [3.63, 3.8) is 0 Å². The second kappa shape index (κ2) is 5.40. The summed E-state index contributed by atoms with van der Waals surface area (Å²) < 4.78 is 19.7. The molecule has 0 atom stereocenters. The first-order chi connectivity index (χ1) is 8.56. The number of nitrogen functional groups attached to an aromatic ring is 1. The summed E-state index contributed by atoms with van der Waals surface area (Å²) in [6, 6.07) is 10.0. The summed E-state index contributed by atoms with van der Waals surface area (Å²) in [6.07, 6.45) is 0. The van der Waals surface area contributed by atoms with Gasteiger partial charge in [0, 0.05) is 15.7 Å². The molecule has 0 bridgehead atoms. The van der Waals surface area contributed by atoms with Gasteiger partial charge in [-0.3, -0.25) is 0 Å². The Morgan fingerprint density at radius 3 is 2.72 bits per heavy atom. The molecule has 0 aliphatic heterocycles. The Kier molecular flexibility index (Phi) is 3.87. The minimum absolute atomic E-state index is 0.256. The van der Waals surface area contributed by atoms with E-state index in [0.717, 1.165) is 15.8 Å². The zero-order valence-electron chi connectivity index (χ0n) is 9.91. The molecular weight excluding hydrogens is 297 g/mol. The van der Waals surface area contributed by atoms with Gasteiger partial charge in [0.15, 0.2) is 0 Å². The monoisotopic (exact) mass is 309 g/mol. The number of hydrogen-bond donors (Lipinski definition) is 1. The smallest absolute Gasteiger partial charge is 0.123 e. The lowest BCUT2D eigenvalue weighted by Gasteiger charge is -2.11. The highest BCUT2D eigenvalue weighted by atomic mass is 79.9. The molecule has 0 amide bonds. The molecule has 2 nitrogen and oxygen atoms in total. The average Bonchev–Trinajstić information content (AvgIpc) is 2.32. The molecule has 0 spiro atoms. The van der Waals surface area contributed by atoms with Crippen molar-refractivity contribution in [1.29, 1.82) is 0 Å². The third kappa shape index (κ3) is 3.01. The van der Waals surface area contributed by atoms with Crippen molar-refractivity contribution >= 4 is 21.6 Å². The van der Waals surface area contributed by atoms with Crippen LogP contribution in [-0.2, 0) is 6.61 Å². The second-order valence-electron chi connectivity index (χ2n) is 4.04. The predicted octanol–water partition coefficient (Wildman–Crippen LogP) is 4.06. The van der Waals surface area contributed by atoms with Crippen molar-refractivity contribution in [2.24, 2.45) is 0 Å². The number of aryl methyl sites for hydroxylation is 1. The van der Waals surface area contributed by atoms with Gasteiger partial charge in [-0.05, 0) is 48.9 Å². The van der Waals surface area contributed by atoms with E-state index in [-0.39, 0.29) is 12.4 Å². The lowest BCUT2D eigenvalue weighted by Crippen LogP contribution is -2.01. The highest BCUT2D eigenvalue weighted by molar-refractivity contribution is 9.10. The Morgan fingerprint density at radius 2 is 2.00 bits per heavy atom. The minimum atomic E-state index is -0.310. The Hall–Kier alpha value is -1.55. The minimum Gasteiger partial charge on any atom is -0.489 e. The van der Waals surface area contributed by atoms with Crippen LogP contribution in [0.5, 0.6) is 5.75 Å². The molecule has 0 radical (unpaired) electrons. The molecule has 4 heteroatoms. The van der Waals surface area contributed by atoms with E-state index in [2.05, 4.69) is 15.9 Å². The zero-order chi connectivity index (χ0) is 13.1. The number of rotatable bonds is 3. The molecule has 0 fully saturated rings. The van der Waals surface area contributed by atoms with E-state index in [1.807, 2.05) is 25.1 Å². The molecular formula is C14H13BrFNO. The van der Waals surface area contributed by atoms with Crippen molar-refractivity contribution < 1.29 is 9.13 Å². The summed E-state index contributed by atoms with van der Waals surface area (Å²) >= 11 is 3.39. The number of ether oxygens (including phenoxy) is 1. The molecule has 0 saturated carbocycles. The number of benzene rings is 2. The van der Waals surface area contributed by atoms with Crippen molar-refractivity contribution in [3.05, 3.63) is 57.8 Å². The van der Waals surface area contributed by atoms with Gasteiger partial charge in [-0.2, -0.15) is 0 Å². The van der Waals surface area contributed by atoms with E-state index in [1.54, 1.807) is 6.07 Å². The summed E-state index contributed by atoms with van der Waals surface area (Å²) in [7, 11) is 0. The average molecular weight is 310 g/mol. The first kappa shape index (κ1) is 12.9. The molecule has 2 N–H and O–H groups in total. The van der Waals surface area contributed by atoms with Crippen LogP contribution in [0.4, 0.5) is 10.1 Å². The van der Waals surface area contributed by atoms with E-state index in [9.17, 15) is 4.39 Å². The highest BCUT2D eigenvalue weighted by Crippen LogP contribution is 2.24. The summed E-state index contributed by atoms with van der Waals surface area (Å²) in [4.78, 5) is 0. The third-order valence-electron chi connectivity index (χ3n) is 2.63. The Labute approximate surface area is 114 Å². The van der Waals surface area contributed by atoms with Gasteiger partial charge < -0.3 is 10.5 Å². The van der Waals surface area contributed by atoms with Crippen molar-refractivity contribution in [3.8, 4) is 5.75 Å². The van der Waals surface area contributed by atoms with Crippen LogP contribution >= 0.6 is 15.9 Å². The van der Waals surface area contributed by atoms with Gasteiger partial charge in [0.25, 0.3) is 0 Å². The van der Waals surface area contributed by atoms with E-state index in [0.29, 0.717) is 11.3 Å². The van der Waals surface area contributed by atoms with Crippen LogP contribution in [0.3, 0.4) is 0 Å². The standard InChI is InChI=1S/C14H13BrFNO/c1-9-6-11(15)2-5-14(9)18-8-10-7-12(16)3-4-13(10)17/h2-7H,8,17H2,1H3. The van der Waals surface area contributed by atoms with E-state index in [1.165, 1.54) is 12.1 Å². The fourth-order valence-corrected chi connectivity index (χ4v) is 2.11. The lowest BCUT2D eigenvalue weighted by atomic mass is 10.2. The SMILES string of the molecule is Cc1cc(Br)ccc1OCc1cc(F)ccc1N. The van der Waals surface area contributed by atoms with Crippen LogP contribution in [-0.4, -0.2) is 0 Å². The molecule has 0 unspecified atom stereocenters. The van der Waals surface area contributed by atoms with Crippen LogP contribution < -0.4 is 10.5 Å². The number of anilines is 1. The van der Waals surface area contributed by atoms with Gasteiger partial charge >= 0.3 is 0 Å². The van der Waals surface area contributed by atoms with Gasteiger partial charge in [0.2, 0.25) is 0 Å². The van der Waals surface area contributed by atoms with Crippen LogP contribution in [0.25, 0.3) is 0 Å². The quantitative estimate of drug-likeness (QED) is 0.868. The third-order valence-corrected chi connectivity index (χ3v) is 3.12. The number of hydrogen-bond acceptors (Lipinski definition) is 2. The fourth-order valence-electron chi connectivity index (χ4n) is 1.63. The lowest BCUT2D eigenvalue weighted by molar-refractivity contribution is 0.304. The van der Waals surface area contributed by atoms with Crippen molar-refractivity contribution in [2.45, 2.75) is 13.5 Å². The first-order valence-corrected chi connectivity index (χ1v) is 6.28. The van der Waals surface area contributed by atoms with Gasteiger partial charge in [0.1, 0.15) is 18.2 Å². The molecule has 2 aromatic rings. The summed E-state index contributed by atoms with van der Waals surface area (Å²) in [5.74, 6) is 0.456. The van der Waals surface area contributed by atoms with Crippen LogP contribution in [0.2, 0.25) is 0 Å². The Bertz CT molecular complexity index is 572. The van der Waals surface area contributed by atoms with E-state index >= 15 is 0 Å². The fraction of sp³-hybridized carbons (Fsp3) is 0.143. The number of nitrogens with two attached hydrogens (primary N) is 1. The van der Waals surface area contributed by atoms with Gasteiger partial charge in [-0.1, -0.05) is 15.9 Å². The van der Waals surface area contributed by atoms with Crippen LogP contribution in [0, 0.1) is 12.7 Å². The zero-order valence-corrected chi connectivity index (χ0v) is 11.5. The van der Waals surface area contributed by atoms with Crippen LogP contribution in [0.15, 0.2) is 40.9 Å². The molecule has 94 valence electrons. The largest absolute Gasteiger partial charge is 0.489 e. The van der Waals surface area contributed by atoms with Gasteiger partial charge in [-0.15, -0.1) is 0 Å². The van der Waals surface area contributed by atoms with E-state index < -0.39 is 0 Å². The maximum absolute atomic E-state index is 13.1. The molecule has 2 rings (SSSR count). The van der Waals surface area contributed by atoms with E-state index in [4.69, 9.17) is 10.5 Å². The maximum Gasteiger partial charge on any atom is 0.123 e. The normalized spacial score (nSPS) is 10.4. The molecule has 18 heavy (non-hydrogen) atoms. The molecule has 0 aliphatic rings. The Balaban J connectivity index is 2.13. The predicted molar refractivity (Wildman–Crippen MR) is 74.0 cm³/mol. The summed E-state index contributed by atoms with van der Waals surface area (Å²) in [5, 5.41) is 0. The highest BCUT2D eigenvalue weighted by Gasteiger charge is 2.04. The van der Waals surface area contributed by atoms with Crippen molar-refractivity contribution in [1.82, 2.24) is 0 Å². The first-order valence-electron chi connectivity index (χ1n) is 5.49. The molecule has 0 heterocycles. The van der Waals surface area contributed by atoms with Crippen LogP contribution in [0.1, 0.15) is 11.1 Å².